The van der Waals surface area contributed by atoms with Gasteiger partial charge in [-0.15, -0.1) is 0 Å². The largest absolute Gasteiger partial charge is 0.493 e. The van der Waals surface area contributed by atoms with Crippen LogP contribution in [-0.4, -0.2) is 62.9 Å². The minimum Gasteiger partial charge on any atom is -0.493 e. The number of piperidine rings is 1. The molecule has 6 aliphatic rings. The zero-order chi connectivity index (χ0) is 26.3. The summed E-state index contributed by atoms with van der Waals surface area (Å²) < 4.78 is 19.4. The third-order valence-electron chi connectivity index (χ3n) is 10.8. The summed E-state index contributed by atoms with van der Waals surface area (Å²) in [6.07, 6.45) is 8.40. The van der Waals surface area contributed by atoms with Gasteiger partial charge in [-0.1, -0.05) is 35.9 Å². The van der Waals surface area contributed by atoms with Gasteiger partial charge < -0.3 is 24.4 Å². The number of nitrogens with one attached hydrogen (secondary N) is 1. The summed E-state index contributed by atoms with van der Waals surface area (Å²) in [7, 11) is 5.85. The molecule has 4 aliphatic carbocycles. The fraction of sp³-hybridized carbons (Fsp3) is 0.516. The number of halogens is 1. The number of likely N-dealkylation sites (N-methyl/N-ethyl adjacent to an activating group) is 1. The van der Waals surface area contributed by atoms with Crippen molar-refractivity contribution in [3.63, 3.8) is 0 Å². The van der Waals surface area contributed by atoms with Crippen LogP contribution in [0, 0.1) is 11.3 Å². The number of rotatable bonds is 6. The predicted molar refractivity (Wildman–Crippen MR) is 147 cm³/mol. The number of hydrogen-bond donors (Lipinski definition) is 1. The minimum absolute atomic E-state index is 0.0817. The van der Waals surface area contributed by atoms with Crippen LogP contribution in [0.25, 0.3) is 6.08 Å². The lowest BCUT2D eigenvalue weighted by Crippen LogP contribution is -2.81. The van der Waals surface area contributed by atoms with Crippen molar-refractivity contribution in [3.8, 4) is 11.5 Å². The highest BCUT2D eigenvalue weighted by atomic mass is 35.5. The second-order valence-electron chi connectivity index (χ2n) is 11.9. The molecule has 8 rings (SSSR count). The molecule has 4 fully saturated rings. The number of methoxy groups -OCH3 is 2. The van der Waals surface area contributed by atoms with Crippen LogP contribution in [0.2, 0.25) is 5.02 Å². The molecule has 1 N–H and O–H groups in total. The molecule has 3 saturated carbocycles. The molecule has 2 spiro atoms. The van der Waals surface area contributed by atoms with Gasteiger partial charge in [0.2, 0.25) is 5.91 Å². The van der Waals surface area contributed by atoms with Crippen molar-refractivity contribution < 1.29 is 19.0 Å². The maximum absolute atomic E-state index is 12.9. The van der Waals surface area contributed by atoms with E-state index in [0.717, 1.165) is 55.7 Å². The summed E-state index contributed by atoms with van der Waals surface area (Å²) >= 11 is 6.27. The molecule has 6 atom stereocenters. The number of ether oxygens (including phenoxy) is 3. The van der Waals surface area contributed by atoms with Gasteiger partial charge in [0.25, 0.3) is 0 Å². The van der Waals surface area contributed by atoms with E-state index in [1.54, 1.807) is 19.3 Å². The van der Waals surface area contributed by atoms with Gasteiger partial charge in [0, 0.05) is 53.1 Å². The molecule has 4 bridgehead atoms. The molecule has 7 heteroatoms. The SMILES string of the molecule is COc1ccc2c3c1O[C@H]1[C@@]4(OC)CC[C@@]5(C[C@@H]4CNC(=O)/C=C/c4ccccc4Cl)[C@@H](C2)N(C)CC[C@]315. The van der Waals surface area contributed by atoms with E-state index in [1.807, 2.05) is 31.4 Å². The number of fused-ring (bicyclic) bond motifs is 2. The van der Waals surface area contributed by atoms with Crippen molar-refractivity contribution in [1.82, 2.24) is 10.2 Å². The zero-order valence-corrected chi connectivity index (χ0v) is 23.0. The number of carbonyl (C=O) groups is 1. The number of carbonyl (C=O) groups excluding carboxylic acids is 1. The molecule has 1 saturated heterocycles. The lowest BCUT2D eigenvalue weighted by Gasteiger charge is -2.73. The van der Waals surface area contributed by atoms with Crippen molar-refractivity contribution in [1.29, 1.82) is 0 Å². The Labute approximate surface area is 229 Å². The zero-order valence-electron chi connectivity index (χ0n) is 22.3. The molecular weight excluding hydrogens is 500 g/mol. The monoisotopic (exact) mass is 534 g/mol. The van der Waals surface area contributed by atoms with E-state index < -0.39 is 5.60 Å². The summed E-state index contributed by atoms with van der Waals surface area (Å²) in [5.74, 6) is 1.77. The minimum atomic E-state index is -0.472. The summed E-state index contributed by atoms with van der Waals surface area (Å²) in [5.41, 5.74) is 3.14. The number of likely N-dealkylation sites (tertiary alicyclic amines) is 1. The van der Waals surface area contributed by atoms with Crippen molar-refractivity contribution in [3.05, 3.63) is 64.2 Å². The van der Waals surface area contributed by atoms with E-state index in [9.17, 15) is 4.79 Å². The van der Waals surface area contributed by atoms with Crippen LogP contribution in [-0.2, 0) is 21.4 Å². The van der Waals surface area contributed by atoms with E-state index in [1.165, 1.54) is 11.1 Å². The molecule has 2 aromatic carbocycles. The first-order valence-corrected chi connectivity index (χ1v) is 14.1. The molecule has 0 unspecified atom stereocenters. The molecule has 0 radical (unpaired) electrons. The summed E-state index contributed by atoms with van der Waals surface area (Å²) in [6.45, 7) is 1.60. The number of nitrogens with zero attached hydrogens (tertiary/aromatic N) is 1. The fourth-order valence-electron chi connectivity index (χ4n) is 9.28. The molecule has 2 aliphatic heterocycles. The Morgan fingerprint density at radius 3 is 2.84 bits per heavy atom. The highest BCUT2D eigenvalue weighted by Crippen LogP contribution is 2.76. The third-order valence-corrected chi connectivity index (χ3v) is 11.2. The van der Waals surface area contributed by atoms with Crippen LogP contribution in [0.4, 0.5) is 0 Å². The van der Waals surface area contributed by atoms with Gasteiger partial charge in [-0.2, -0.15) is 0 Å². The molecular formula is C31H35ClN2O4. The first-order chi connectivity index (χ1) is 18.4. The van der Waals surface area contributed by atoms with Gasteiger partial charge in [0.1, 0.15) is 11.7 Å². The fourth-order valence-corrected chi connectivity index (χ4v) is 9.48. The van der Waals surface area contributed by atoms with E-state index >= 15 is 0 Å². The van der Waals surface area contributed by atoms with Crippen molar-refractivity contribution in [2.24, 2.45) is 11.3 Å². The van der Waals surface area contributed by atoms with Crippen molar-refractivity contribution >= 4 is 23.6 Å². The van der Waals surface area contributed by atoms with Gasteiger partial charge in [-0.25, -0.2) is 0 Å². The van der Waals surface area contributed by atoms with Gasteiger partial charge in [-0.05, 0) is 75.0 Å². The molecule has 2 heterocycles. The maximum Gasteiger partial charge on any atom is 0.244 e. The third kappa shape index (κ3) is 2.94. The van der Waals surface area contributed by atoms with Gasteiger partial charge >= 0.3 is 0 Å². The molecule has 2 aromatic rings. The normalized spacial score (nSPS) is 36.2. The van der Waals surface area contributed by atoms with E-state index in [0.29, 0.717) is 17.6 Å². The number of hydrogen-bond acceptors (Lipinski definition) is 5. The number of benzene rings is 2. The topological polar surface area (TPSA) is 60.0 Å². The van der Waals surface area contributed by atoms with Crippen molar-refractivity contribution in [2.45, 2.75) is 55.3 Å². The van der Waals surface area contributed by atoms with Crippen LogP contribution in [0.3, 0.4) is 0 Å². The highest BCUT2D eigenvalue weighted by Gasteiger charge is 2.80. The van der Waals surface area contributed by atoms with Gasteiger partial charge in [0.15, 0.2) is 11.5 Å². The first-order valence-electron chi connectivity index (χ1n) is 13.7. The van der Waals surface area contributed by atoms with E-state index in [4.69, 9.17) is 25.8 Å². The average molecular weight is 535 g/mol. The Hall–Kier alpha value is -2.54. The number of amides is 1. The standard InChI is InChI=1S/C31H35ClN2O4/c1-34-15-14-30-26-20-8-10-23(36-2)27(26)38-28(30)31(37-3)13-12-29(30,24(34)16-20)17-21(31)18-33-25(35)11-9-19-6-4-5-7-22(19)32/h4-11,21,24,28H,12-18H2,1-3H3,(H,33,35)/b11-9+/t21-,24-,28-,29-,30+,31-/m1/s1. The first kappa shape index (κ1) is 24.5. The Balaban J connectivity index is 1.25. The summed E-state index contributed by atoms with van der Waals surface area (Å²) in [6, 6.07) is 12.3. The quantitative estimate of drug-likeness (QED) is 0.548. The second kappa shape index (κ2) is 8.48. The molecule has 1 amide bonds. The molecule has 200 valence electrons. The molecule has 0 aromatic heterocycles. The van der Waals surface area contributed by atoms with E-state index in [2.05, 4.69) is 29.4 Å². The summed E-state index contributed by atoms with van der Waals surface area (Å²) in [5, 5.41) is 3.83. The highest BCUT2D eigenvalue weighted by molar-refractivity contribution is 6.32. The second-order valence-corrected chi connectivity index (χ2v) is 12.3. The van der Waals surface area contributed by atoms with Gasteiger partial charge in [-0.3, -0.25) is 4.79 Å². The van der Waals surface area contributed by atoms with Crippen LogP contribution in [0.15, 0.2) is 42.5 Å². The van der Waals surface area contributed by atoms with E-state index in [-0.39, 0.29) is 28.8 Å². The Bertz CT molecular complexity index is 1350. The van der Waals surface area contributed by atoms with Gasteiger partial charge in [0.05, 0.1) is 7.11 Å². The predicted octanol–water partition coefficient (Wildman–Crippen LogP) is 4.62. The smallest absolute Gasteiger partial charge is 0.244 e. The van der Waals surface area contributed by atoms with Crippen LogP contribution in [0.1, 0.15) is 42.4 Å². The lowest BCUT2D eigenvalue weighted by molar-refractivity contribution is -0.274. The maximum atomic E-state index is 12.9. The van der Waals surface area contributed by atoms with Crippen molar-refractivity contribution in [2.75, 3.05) is 34.4 Å². The molecule has 6 nitrogen and oxygen atoms in total. The van der Waals surface area contributed by atoms with Crippen LogP contribution < -0.4 is 14.8 Å². The van der Waals surface area contributed by atoms with Crippen LogP contribution in [0.5, 0.6) is 11.5 Å². The Kier molecular flexibility index (Phi) is 5.47. The average Bonchev–Trinajstić information content (AvgIpc) is 3.30. The van der Waals surface area contributed by atoms with Crippen LogP contribution >= 0.6 is 11.6 Å². The summed E-state index contributed by atoms with van der Waals surface area (Å²) in [4.78, 5) is 15.5. The Morgan fingerprint density at radius 1 is 1.21 bits per heavy atom. The lowest BCUT2D eigenvalue weighted by atomic mass is 9.35. The Morgan fingerprint density at radius 2 is 2.05 bits per heavy atom. The molecule has 38 heavy (non-hydrogen) atoms.